The molecular formula is C33H37N9O9. The van der Waals surface area contributed by atoms with Gasteiger partial charge in [0.05, 0.1) is 11.5 Å². The van der Waals surface area contributed by atoms with E-state index in [1.54, 1.807) is 50.2 Å². The number of nitrogens with one attached hydrogen (secondary N) is 4. The Hall–Kier alpha value is -6.68. The number of carboxylic acid groups (broad SMARTS) is 1. The summed E-state index contributed by atoms with van der Waals surface area (Å²) in [4.78, 5) is 75.6. The molecule has 0 spiro atoms. The first-order valence-corrected chi connectivity index (χ1v) is 15.6. The van der Waals surface area contributed by atoms with Gasteiger partial charge in [-0.1, -0.05) is 43.2 Å². The molecule has 0 saturated carbocycles. The fourth-order valence-electron chi connectivity index (χ4n) is 4.85. The van der Waals surface area contributed by atoms with Crippen LogP contribution >= 0.6 is 0 Å². The molecule has 0 saturated heterocycles. The molecular weight excluding hydrogens is 666 g/mol. The average Bonchev–Trinajstić information content (AvgIpc) is 3.08. The Balaban J connectivity index is 1.74. The minimum atomic E-state index is -1.58. The van der Waals surface area contributed by atoms with Gasteiger partial charge in [-0.05, 0) is 65.7 Å². The fraction of sp³-hybridized carbons (Fsp3) is 0.303. The number of non-ortho nitro benzene ring substituents is 1. The summed E-state index contributed by atoms with van der Waals surface area (Å²) < 4.78 is 4.77. The number of hydrogen-bond acceptors (Lipinski definition) is 9. The molecule has 3 aromatic carbocycles. The molecule has 0 aliphatic carbocycles. The molecule has 5 amide bonds. The van der Waals surface area contributed by atoms with E-state index in [1.165, 1.54) is 24.3 Å². The van der Waals surface area contributed by atoms with Gasteiger partial charge in [0, 0.05) is 46.8 Å². The molecule has 0 heterocycles. The summed E-state index contributed by atoms with van der Waals surface area (Å²) in [5.74, 6) is -2.18. The quantitative estimate of drug-likeness (QED) is 0.0170. The number of nitro benzene ring substituents is 1. The fourth-order valence-corrected chi connectivity index (χ4v) is 4.85. The Morgan fingerprint density at radius 2 is 1.65 bits per heavy atom. The Morgan fingerprint density at radius 3 is 2.24 bits per heavy atom. The van der Waals surface area contributed by atoms with E-state index in [0.717, 1.165) is 6.07 Å². The number of benzene rings is 3. The number of carbonyl (C=O) groups excluding carboxylic acids is 4. The van der Waals surface area contributed by atoms with Crippen molar-refractivity contribution in [3.05, 3.63) is 110 Å². The number of rotatable bonds is 17. The van der Waals surface area contributed by atoms with Crippen molar-refractivity contribution in [3.63, 3.8) is 0 Å². The van der Waals surface area contributed by atoms with E-state index in [2.05, 4.69) is 31.3 Å². The summed E-state index contributed by atoms with van der Waals surface area (Å²) in [7, 11) is 0. The summed E-state index contributed by atoms with van der Waals surface area (Å²) in [5.41, 5.74) is 15.6. The molecule has 0 fully saturated rings. The number of urea groups is 1. The summed E-state index contributed by atoms with van der Waals surface area (Å²) in [5, 5.41) is 34.4. The highest BCUT2D eigenvalue weighted by Crippen LogP contribution is 2.27. The first kappa shape index (κ1) is 38.8. The zero-order chi connectivity index (χ0) is 37.5. The van der Waals surface area contributed by atoms with Crippen molar-refractivity contribution in [1.29, 1.82) is 0 Å². The second kappa shape index (κ2) is 18.8. The molecule has 0 aliphatic rings. The Bertz CT molecular complexity index is 1790. The van der Waals surface area contributed by atoms with Crippen LogP contribution in [0, 0.1) is 16.0 Å². The third-order valence-corrected chi connectivity index (χ3v) is 7.44. The highest BCUT2D eigenvalue weighted by molar-refractivity contribution is 6.00. The highest BCUT2D eigenvalue weighted by atomic mass is 16.7. The van der Waals surface area contributed by atoms with Crippen LogP contribution in [-0.4, -0.2) is 58.6 Å². The summed E-state index contributed by atoms with van der Waals surface area (Å²) >= 11 is 0. The van der Waals surface area contributed by atoms with Gasteiger partial charge in [0.2, 0.25) is 11.8 Å². The molecule has 7 N–H and O–H groups in total. The van der Waals surface area contributed by atoms with Gasteiger partial charge in [0.25, 0.3) is 11.6 Å². The van der Waals surface area contributed by atoms with Gasteiger partial charge in [-0.2, -0.15) is 0 Å². The van der Waals surface area contributed by atoms with E-state index in [4.69, 9.17) is 21.1 Å². The molecule has 18 nitrogen and oxygen atoms in total. The third kappa shape index (κ3) is 12.4. The number of nitrogens with two attached hydrogens (primary N) is 1. The van der Waals surface area contributed by atoms with Crippen molar-refractivity contribution in [3.8, 4) is 5.75 Å². The predicted molar refractivity (Wildman–Crippen MR) is 184 cm³/mol. The Kier molecular flexibility index (Phi) is 14.3. The van der Waals surface area contributed by atoms with Crippen molar-refractivity contribution >= 4 is 41.3 Å². The van der Waals surface area contributed by atoms with Crippen molar-refractivity contribution in [2.45, 2.75) is 51.7 Å². The smallest absolute Gasteiger partial charge is 0.449 e. The topological polar surface area (TPSA) is 281 Å². The van der Waals surface area contributed by atoms with Crippen LogP contribution in [0.15, 0.2) is 71.8 Å². The first-order valence-electron chi connectivity index (χ1n) is 15.6. The largest absolute Gasteiger partial charge is 0.511 e. The molecule has 0 radical (unpaired) electrons. The number of azide groups is 1. The van der Waals surface area contributed by atoms with Gasteiger partial charge in [0.15, 0.2) is 0 Å². The molecule has 2 unspecified atom stereocenters. The van der Waals surface area contributed by atoms with Gasteiger partial charge < -0.3 is 36.8 Å². The first-order chi connectivity index (χ1) is 24.3. The van der Waals surface area contributed by atoms with Crippen LogP contribution in [0.3, 0.4) is 0 Å². The zero-order valence-electron chi connectivity index (χ0n) is 27.7. The number of nitro groups is 1. The molecule has 2 atom stereocenters. The molecule has 3 aromatic rings. The molecule has 0 aromatic heterocycles. The van der Waals surface area contributed by atoms with E-state index in [0.29, 0.717) is 16.8 Å². The molecule has 51 heavy (non-hydrogen) atoms. The van der Waals surface area contributed by atoms with E-state index >= 15 is 0 Å². The van der Waals surface area contributed by atoms with E-state index in [1.807, 2.05) is 0 Å². The summed E-state index contributed by atoms with van der Waals surface area (Å²) in [6.07, 6.45) is -1.13. The van der Waals surface area contributed by atoms with Crippen LogP contribution < -0.4 is 31.7 Å². The van der Waals surface area contributed by atoms with Crippen LogP contribution in [0.5, 0.6) is 5.75 Å². The SMILES string of the molecule is CC(C)C(NC(=O)c1ccc(CN=[N+]=[N-])cc1)C(=O)NC(CCCNC(N)=O)C(=O)Nc1ccc(Cc2cc([N+](=O)[O-])ccc2OC(=O)O)cc1. The lowest BCUT2D eigenvalue weighted by Gasteiger charge is -2.25. The van der Waals surface area contributed by atoms with Gasteiger partial charge in [-0.15, -0.1) is 0 Å². The standard InChI is InChI=1S/C33H37N9O9/c1-19(2)28(40-29(43)22-9-5-21(6-10-22)18-37-41-35)31(45)39-26(4-3-15-36-32(34)46)30(44)38-24-11-7-20(8-12-24)16-23-17-25(42(49)50)13-14-27(23)51-33(47)48/h5-14,17,19,26,28H,3-4,15-16,18H2,1-2H3,(H,38,44)(H,39,45)(H,40,43)(H,47,48)(H3,34,36,46). The van der Waals surface area contributed by atoms with Crippen molar-refractivity contribution in [2.75, 3.05) is 11.9 Å². The third-order valence-electron chi connectivity index (χ3n) is 7.44. The number of ether oxygens (including phenoxy) is 1. The van der Waals surface area contributed by atoms with E-state index in [-0.39, 0.29) is 60.8 Å². The lowest BCUT2D eigenvalue weighted by atomic mass is 10.0. The molecule has 3 rings (SSSR count). The van der Waals surface area contributed by atoms with Gasteiger partial charge in [-0.3, -0.25) is 24.5 Å². The number of hydrogen-bond donors (Lipinski definition) is 6. The minimum Gasteiger partial charge on any atom is -0.449 e. The lowest BCUT2D eigenvalue weighted by Crippen LogP contribution is -2.54. The zero-order valence-corrected chi connectivity index (χ0v) is 27.7. The second-order valence-corrected chi connectivity index (χ2v) is 11.6. The summed E-state index contributed by atoms with van der Waals surface area (Å²) in [6.45, 7) is 3.70. The maximum absolute atomic E-state index is 13.5. The monoisotopic (exact) mass is 703 g/mol. The van der Waals surface area contributed by atoms with Crippen LogP contribution in [0.1, 0.15) is 53.7 Å². The predicted octanol–water partition coefficient (Wildman–Crippen LogP) is 4.38. The number of nitrogens with zero attached hydrogens (tertiary/aromatic N) is 4. The van der Waals surface area contributed by atoms with Gasteiger partial charge >= 0.3 is 12.2 Å². The van der Waals surface area contributed by atoms with Crippen molar-refractivity contribution in [2.24, 2.45) is 16.8 Å². The van der Waals surface area contributed by atoms with E-state index in [9.17, 15) is 34.1 Å². The minimum absolute atomic E-state index is 0.0640. The maximum Gasteiger partial charge on any atom is 0.511 e. The Morgan fingerprint density at radius 1 is 0.980 bits per heavy atom. The van der Waals surface area contributed by atoms with Crippen LogP contribution in [0.2, 0.25) is 0 Å². The molecule has 18 heteroatoms. The van der Waals surface area contributed by atoms with Crippen LogP contribution in [0.4, 0.5) is 21.0 Å². The molecule has 0 aliphatic heterocycles. The lowest BCUT2D eigenvalue weighted by molar-refractivity contribution is -0.384. The van der Waals surface area contributed by atoms with Gasteiger partial charge in [-0.25, -0.2) is 9.59 Å². The van der Waals surface area contributed by atoms with E-state index < -0.39 is 46.9 Å². The maximum atomic E-state index is 13.5. The highest BCUT2D eigenvalue weighted by Gasteiger charge is 2.29. The summed E-state index contributed by atoms with van der Waals surface area (Å²) in [6, 6.07) is 13.4. The Labute approximate surface area is 291 Å². The number of anilines is 1. The molecule has 268 valence electrons. The van der Waals surface area contributed by atoms with Crippen molar-refractivity contribution in [1.82, 2.24) is 16.0 Å². The molecule has 0 bridgehead atoms. The van der Waals surface area contributed by atoms with Crippen molar-refractivity contribution < 1.29 is 38.7 Å². The number of primary amides is 1. The normalized spacial score (nSPS) is 11.7. The van der Waals surface area contributed by atoms with Crippen LogP contribution in [-0.2, 0) is 22.6 Å². The number of carbonyl (C=O) groups is 5. The van der Waals surface area contributed by atoms with Crippen LogP contribution in [0.25, 0.3) is 10.4 Å². The average molecular weight is 704 g/mol. The second-order valence-electron chi connectivity index (χ2n) is 11.6. The van der Waals surface area contributed by atoms with Gasteiger partial charge in [0.1, 0.15) is 17.8 Å². The number of amides is 5.